The third-order valence-corrected chi connectivity index (χ3v) is 12.0. The Kier molecular flexibility index (Phi) is 8.17. The first-order valence-electron chi connectivity index (χ1n) is 14.8. The maximum absolute atomic E-state index is 12.7. The highest BCUT2D eigenvalue weighted by atomic mass is 16.4. The quantitative estimate of drug-likeness (QED) is 0.371. The Balaban J connectivity index is 1.40. The molecule has 6 heteroatoms. The number of carboxylic acid groups (broad SMARTS) is 1. The van der Waals surface area contributed by atoms with E-state index in [9.17, 15) is 24.9 Å². The van der Waals surface area contributed by atoms with Gasteiger partial charge in [-0.2, -0.15) is 0 Å². The van der Waals surface area contributed by atoms with Gasteiger partial charge in [0.05, 0.1) is 12.2 Å². The Labute approximate surface area is 218 Å². The van der Waals surface area contributed by atoms with E-state index in [1.165, 1.54) is 25.7 Å². The number of amides is 1. The fourth-order valence-corrected chi connectivity index (χ4v) is 9.74. The SMILES string of the molecule is CC[C@@H](C)[C@H](NC(=O)CCC(C)[C@H]1CC[C@H]2[C@@H]3C[C@H](O)[C@@H]4C[C@H](O)CC[C@]4(C)[C@H]3CC[C@]12C)C(=O)O. The van der Waals surface area contributed by atoms with Crippen molar-refractivity contribution in [2.75, 3.05) is 0 Å². The molecule has 206 valence electrons. The van der Waals surface area contributed by atoms with Crippen molar-refractivity contribution in [3.8, 4) is 0 Å². The minimum atomic E-state index is -0.952. The number of nitrogens with one attached hydrogen (secondary N) is 1. The van der Waals surface area contributed by atoms with Gasteiger partial charge < -0.3 is 20.6 Å². The van der Waals surface area contributed by atoms with E-state index in [-0.39, 0.29) is 40.8 Å². The number of aliphatic hydroxyl groups excluding tert-OH is 2. The number of carbonyl (C=O) groups excluding carboxylic acids is 1. The van der Waals surface area contributed by atoms with Crippen LogP contribution in [0.4, 0.5) is 0 Å². The van der Waals surface area contributed by atoms with Crippen molar-refractivity contribution in [1.82, 2.24) is 5.32 Å². The number of hydrogen-bond acceptors (Lipinski definition) is 4. The van der Waals surface area contributed by atoms with Crippen molar-refractivity contribution in [3.63, 3.8) is 0 Å². The number of carbonyl (C=O) groups is 2. The molecule has 0 spiro atoms. The van der Waals surface area contributed by atoms with E-state index in [1.54, 1.807) is 0 Å². The molecule has 4 aliphatic rings. The first-order valence-corrected chi connectivity index (χ1v) is 14.8. The summed E-state index contributed by atoms with van der Waals surface area (Å²) in [7, 11) is 0. The van der Waals surface area contributed by atoms with Gasteiger partial charge in [-0.3, -0.25) is 4.79 Å². The van der Waals surface area contributed by atoms with Crippen LogP contribution in [0.3, 0.4) is 0 Å². The highest BCUT2D eigenvalue weighted by molar-refractivity contribution is 5.83. The van der Waals surface area contributed by atoms with Gasteiger partial charge in [0, 0.05) is 6.42 Å². The van der Waals surface area contributed by atoms with Crippen molar-refractivity contribution in [3.05, 3.63) is 0 Å². The van der Waals surface area contributed by atoms with Crippen LogP contribution in [-0.4, -0.2) is 45.4 Å². The molecule has 0 bridgehead atoms. The van der Waals surface area contributed by atoms with Crippen LogP contribution in [0, 0.1) is 52.3 Å². The molecule has 12 atom stereocenters. The standard InChI is InChI=1S/C30H51NO5/c1-6-17(2)27(28(35)36)31-26(34)10-7-18(3)21-8-9-22-20-16-25(33)24-15-19(32)11-13-30(24,5)23(20)12-14-29(21,22)4/h17-25,27,32-33H,6-16H2,1-5H3,(H,31,34)(H,35,36)/t17-,18?,19-,20+,21-,22+,23+,24+,25+,27+,29-,30-/m1/s1. The first kappa shape index (κ1) is 27.9. The topological polar surface area (TPSA) is 107 Å². The van der Waals surface area contributed by atoms with Gasteiger partial charge in [0.15, 0.2) is 0 Å². The molecule has 0 aromatic carbocycles. The van der Waals surface area contributed by atoms with Crippen LogP contribution in [0.25, 0.3) is 0 Å². The summed E-state index contributed by atoms with van der Waals surface area (Å²) < 4.78 is 0. The molecular weight excluding hydrogens is 454 g/mol. The zero-order valence-electron chi connectivity index (χ0n) is 23.2. The van der Waals surface area contributed by atoms with Crippen molar-refractivity contribution >= 4 is 11.9 Å². The molecule has 0 heterocycles. The summed E-state index contributed by atoms with van der Waals surface area (Å²) in [6.07, 6.45) is 9.69. The maximum Gasteiger partial charge on any atom is 0.326 e. The molecule has 1 amide bonds. The fourth-order valence-electron chi connectivity index (χ4n) is 9.74. The van der Waals surface area contributed by atoms with E-state index in [2.05, 4.69) is 26.1 Å². The highest BCUT2D eigenvalue weighted by Gasteiger charge is 2.62. The Hall–Kier alpha value is -1.14. The van der Waals surface area contributed by atoms with Crippen molar-refractivity contribution in [2.24, 2.45) is 52.3 Å². The molecule has 0 radical (unpaired) electrons. The molecule has 36 heavy (non-hydrogen) atoms. The number of aliphatic hydroxyl groups is 2. The van der Waals surface area contributed by atoms with E-state index >= 15 is 0 Å². The summed E-state index contributed by atoms with van der Waals surface area (Å²) in [6.45, 7) is 11.0. The lowest BCUT2D eigenvalue weighted by molar-refractivity contribution is -0.172. The van der Waals surface area contributed by atoms with Gasteiger partial charge in [-0.15, -0.1) is 0 Å². The van der Waals surface area contributed by atoms with Crippen LogP contribution in [0.1, 0.15) is 105 Å². The van der Waals surface area contributed by atoms with Crippen molar-refractivity contribution in [2.45, 2.75) is 123 Å². The van der Waals surface area contributed by atoms with Gasteiger partial charge in [-0.05, 0) is 110 Å². The van der Waals surface area contributed by atoms with Crippen LogP contribution in [-0.2, 0) is 9.59 Å². The molecule has 1 unspecified atom stereocenters. The lowest BCUT2D eigenvalue weighted by Gasteiger charge is -2.62. The Bertz CT molecular complexity index is 817. The molecule has 0 aromatic heterocycles. The number of carboxylic acids is 1. The van der Waals surface area contributed by atoms with E-state index < -0.39 is 12.0 Å². The number of fused-ring (bicyclic) bond motifs is 5. The minimum absolute atomic E-state index is 0.0895. The van der Waals surface area contributed by atoms with Crippen molar-refractivity contribution < 1.29 is 24.9 Å². The summed E-state index contributed by atoms with van der Waals surface area (Å²) in [5, 5.41) is 33.8. The lowest BCUT2D eigenvalue weighted by atomic mass is 9.44. The monoisotopic (exact) mass is 505 g/mol. The molecule has 0 aromatic rings. The summed E-state index contributed by atoms with van der Waals surface area (Å²) in [6, 6.07) is -0.815. The van der Waals surface area contributed by atoms with Gasteiger partial charge in [0.1, 0.15) is 6.04 Å². The second-order valence-electron chi connectivity index (χ2n) is 13.7. The normalized spacial score (nSPS) is 44.5. The molecular formula is C30H51NO5. The summed E-state index contributed by atoms with van der Waals surface area (Å²) in [4.78, 5) is 24.3. The van der Waals surface area contributed by atoms with E-state index in [4.69, 9.17) is 0 Å². The smallest absolute Gasteiger partial charge is 0.326 e. The van der Waals surface area contributed by atoms with Crippen LogP contribution in [0.2, 0.25) is 0 Å². The molecule has 6 nitrogen and oxygen atoms in total. The average Bonchev–Trinajstić information content (AvgIpc) is 3.19. The predicted octanol–water partition coefficient (Wildman–Crippen LogP) is 5.01. The van der Waals surface area contributed by atoms with Gasteiger partial charge in [0.25, 0.3) is 0 Å². The second kappa shape index (κ2) is 10.6. The van der Waals surface area contributed by atoms with Crippen LogP contribution in [0.15, 0.2) is 0 Å². The third-order valence-electron chi connectivity index (χ3n) is 12.0. The summed E-state index contributed by atoms with van der Waals surface area (Å²) in [5.74, 6) is 1.84. The zero-order valence-corrected chi connectivity index (χ0v) is 23.2. The summed E-state index contributed by atoms with van der Waals surface area (Å²) >= 11 is 0. The highest BCUT2D eigenvalue weighted by Crippen LogP contribution is 2.68. The molecule has 4 saturated carbocycles. The lowest BCUT2D eigenvalue weighted by Crippen LogP contribution is -2.58. The van der Waals surface area contributed by atoms with Gasteiger partial charge in [0.2, 0.25) is 5.91 Å². The average molecular weight is 506 g/mol. The molecule has 4 aliphatic carbocycles. The van der Waals surface area contributed by atoms with E-state index in [1.807, 2.05) is 13.8 Å². The Morgan fingerprint density at radius 2 is 1.61 bits per heavy atom. The van der Waals surface area contributed by atoms with Gasteiger partial charge >= 0.3 is 5.97 Å². The molecule has 0 aliphatic heterocycles. The second-order valence-corrected chi connectivity index (χ2v) is 13.7. The molecule has 4 rings (SSSR count). The third kappa shape index (κ3) is 4.86. The van der Waals surface area contributed by atoms with Crippen LogP contribution in [0.5, 0.6) is 0 Å². The van der Waals surface area contributed by atoms with Gasteiger partial charge in [-0.25, -0.2) is 4.79 Å². The summed E-state index contributed by atoms with van der Waals surface area (Å²) in [5.41, 5.74) is 0.384. The maximum atomic E-state index is 12.7. The Morgan fingerprint density at radius 1 is 0.944 bits per heavy atom. The van der Waals surface area contributed by atoms with Gasteiger partial charge in [-0.1, -0.05) is 41.0 Å². The fraction of sp³-hybridized carbons (Fsp3) is 0.933. The number of hydrogen-bond donors (Lipinski definition) is 4. The number of rotatable bonds is 8. The largest absolute Gasteiger partial charge is 0.480 e. The number of aliphatic carboxylic acids is 1. The molecule has 4 N–H and O–H groups in total. The molecule has 4 fully saturated rings. The zero-order chi connectivity index (χ0) is 26.4. The predicted molar refractivity (Wildman–Crippen MR) is 140 cm³/mol. The molecule has 0 saturated heterocycles. The van der Waals surface area contributed by atoms with E-state index in [0.717, 1.165) is 32.1 Å². The van der Waals surface area contributed by atoms with Crippen molar-refractivity contribution in [1.29, 1.82) is 0 Å². The van der Waals surface area contributed by atoms with Crippen LogP contribution < -0.4 is 5.32 Å². The first-order chi connectivity index (χ1) is 16.9. The van der Waals surface area contributed by atoms with E-state index in [0.29, 0.717) is 42.4 Å². The van der Waals surface area contributed by atoms with Crippen LogP contribution >= 0.6 is 0 Å². The minimum Gasteiger partial charge on any atom is -0.480 e. The Morgan fingerprint density at radius 3 is 2.28 bits per heavy atom.